The molecule has 26 heavy (non-hydrogen) atoms. The number of anilines is 1. The van der Waals surface area contributed by atoms with Crippen LogP contribution in [0.2, 0.25) is 0 Å². The number of benzene rings is 1. The summed E-state index contributed by atoms with van der Waals surface area (Å²) in [4.78, 5) is 15.1. The molecule has 0 spiro atoms. The van der Waals surface area contributed by atoms with E-state index in [1.165, 1.54) is 11.9 Å². The standard InChI is InChI=1S/C18H16F3N3OS/c1-11-4-6-12(7-5-11)23(2)17(25)15-9-8-14(26-15)13-10-16(18(19,20)21)24(3)22-13/h4-10H,1-3H3. The van der Waals surface area contributed by atoms with Crippen LogP contribution in [0.15, 0.2) is 42.5 Å². The van der Waals surface area contributed by atoms with Gasteiger partial charge in [-0.05, 0) is 37.3 Å². The summed E-state index contributed by atoms with van der Waals surface area (Å²) in [5.41, 5.74) is 1.20. The van der Waals surface area contributed by atoms with Crippen LogP contribution in [0.5, 0.6) is 0 Å². The molecule has 1 aromatic carbocycles. The van der Waals surface area contributed by atoms with Crippen LogP contribution < -0.4 is 4.90 Å². The molecule has 0 radical (unpaired) electrons. The molecule has 0 bridgehead atoms. The topological polar surface area (TPSA) is 38.1 Å². The fourth-order valence-corrected chi connectivity index (χ4v) is 3.43. The Hall–Kier alpha value is -2.61. The number of aromatic nitrogens is 2. The minimum absolute atomic E-state index is 0.196. The zero-order valence-corrected chi connectivity index (χ0v) is 15.1. The highest BCUT2D eigenvalue weighted by molar-refractivity contribution is 7.17. The van der Waals surface area contributed by atoms with Gasteiger partial charge in [0, 0.05) is 19.8 Å². The molecule has 0 fully saturated rings. The van der Waals surface area contributed by atoms with E-state index in [4.69, 9.17) is 0 Å². The van der Waals surface area contributed by atoms with Gasteiger partial charge >= 0.3 is 6.18 Å². The molecule has 136 valence electrons. The third-order valence-corrected chi connectivity index (χ3v) is 5.06. The van der Waals surface area contributed by atoms with Gasteiger partial charge < -0.3 is 4.90 Å². The number of carbonyl (C=O) groups excluding carboxylic acids is 1. The summed E-state index contributed by atoms with van der Waals surface area (Å²) in [7, 11) is 2.91. The van der Waals surface area contributed by atoms with E-state index < -0.39 is 11.9 Å². The van der Waals surface area contributed by atoms with Crippen molar-refractivity contribution in [3.05, 3.63) is 58.6 Å². The van der Waals surface area contributed by atoms with Crippen molar-refractivity contribution < 1.29 is 18.0 Å². The highest BCUT2D eigenvalue weighted by Crippen LogP contribution is 2.34. The number of nitrogens with zero attached hydrogens (tertiary/aromatic N) is 3. The zero-order chi connectivity index (χ0) is 19.1. The van der Waals surface area contributed by atoms with E-state index in [0.29, 0.717) is 9.75 Å². The van der Waals surface area contributed by atoms with Crippen LogP contribution in [0.25, 0.3) is 10.6 Å². The number of hydrogen-bond donors (Lipinski definition) is 0. The Morgan fingerprint density at radius 3 is 2.38 bits per heavy atom. The molecule has 3 rings (SSSR count). The van der Waals surface area contributed by atoms with Gasteiger partial charge in [0.05, 0.1) is 9.75 Å². The van der Waals surface area contributed by atoms with Crippen molar-refractivity contribution in [1.29, 1.82) is 0 Å². The predicted molar refractivity (Wildman–Crippen MR) is 95.4 cm³/mol. The van der Waals surface area contributed by atoms with Gasteiger partial charge in [0.1, 0.15) is 11.4 Å². The molecular formula is C18H16F3N3OS. The lowest BCUT2D eigenvalue weighted by atomic mass is 10.2. The molecule has 1 amide bonds. The number of alkyl halides is 3. The maximum atomic E-state index is 12.9. The Kier molecular flexibility index (Phi) is 4.62. The van der Waals surface area contributed by atoms with Gasteiger partial charge in [-0.1, -0.05) is 17.7 Å². The van der Waals surface area contributed by atoms with Gasteiger partial charge in [0.25, 0.3) is 5.91 Å². The van der Waals surface area contributed by atoms with Crippen LogP contribution in [0.3, 0.4) is 0 Å². The molecule has 3 aromatic rings. The first-order chi connectivity index (χ1) is 12.2. The van der Waals surface area contributed by atoms with E-state index in [9.17, 15) is 18.0 Å². The van der Waals surface area contributed by atoms with E-state index in [1.807, 2.05) is 31.2 Å². The maximum Gasteiger partial charge on any atom is 0.433 e. The molecule has 2 aromatic heterocycles. The first-order valence-electron chi connectivity index (χ1n) is 7.73. The molecular weight excluding hydrogens is 363 g/mol. The van der Waals surface area contributed by atoms with Crippen LogP contribution in [-0.4, -0.2) is 22.7 Å². The highest BCUT2D eigenvalue weighted by atomic mass is 32.1. The summed E-state index contributed by atoms with van der Waals surface area (Å²) in [5.74, 6) is -0.225. The second kappa shape index (κ2) is 6.60. The molecule has 4 nitrogen and oxygen atoms in total. The normalized spacial score (nSPS) is 11.6. The van der Waals surface area contributed by atoms with Gasteiger partial charge in [-0.25, -0.2) is 0 Å². The second-order valence-corrected chi connectivity index (χ2v) is 6.98. The lowest BCUT2D eigenvalue weighted by Crippen LogP contribution is -2.25. The third-order valence-electron chi connectivity index (χ3n) is 3.97. The lowest BCUT2D eigenvalue weighted by Gasteiger charge is -2.16. The second-order valence-electron chi connectivity index (χ2n) is 5.90. The van der Waals surface area contributed by atoms with E-state index in [0.717, 1.165) is 33.3 Å². The molecule has 0 atom stereocenters. The van der Waals surface area contributed by atoms with E-state index in [2.05, 4.69) is 5.10 Å². The molecule has 0 aliphatic heterocycles. The number of halogens is 3. The average molecular weight is 379 g/mol. The van der Waals surface area contributed by atoms with Gasteiger partial charge in [-0.15, -0.1) is 11.3 Å². The van der Waals surface area contributed by atoms with Crippen molar-refractivity contribution in [3.63, 3.8) is 0 Å². The fourth-order valence-electron chi connectivity index (χ4n) is 2.49. The SMILES string of the molecule is Cc1ccc(N(C)C(=O)c2ccc(-c3cc(C(F)(F)F)n(C)n3)s2)cc1. The highest BCUT2D eigenvalue weighted by Gasteiger charge is 2.35. The molecule has 0 aliphatic carbocycles. The number of thiophene rings is 1. The van der Waals surface area contributed by atoms with E-state index >= 15 is 0 Å². The Bertz CT molecular complexity index is 941. The van der Waals surface area contributed by atoms with Gasteiger partial charge in [0.15, 0.2) is 0 Å². The quantitative estimate of drug-likeness (QED) is 0.659. The smallest absolute Gasteiger partial charge is 0.311 e. The van der Waals surface area contributed by atoms with E-state index in [1.54, 1.807) is 19.2 Å². The molecule has 0 aliphatic rings. The molecule has 0 saturated heterocycles. The average Bonchev–Trinajstić information content (AvgIpc) is 3.20. The number of carbonyl (C=O) groups is 1. The summed E-state index contributed by atoms with van der Waals surface area (Å²) < 4.78 is 39.5. The largest absolute Gasteiger partial charge is 0.433 e. The Labute approximate surface area is 152 Å². The summed E-state index contributed by atoms with van der Waals surface area (Å²) in [6.07, 6.45) is -4.47. The van der Waals surface area contributed by atoms with Gasteiger partial charge in [-0.2, -0.15) is 18.3 Å². The first kappa shape index (κ1) is 18.2. The van der Waals surface area contributed by atoms with Crippen molar-refractivity contribution in [1.82, 2.24) is 9.78 Å². The number of amides is 1. The van der Waals surface area contributed by atoms with Crippen LogP contribution in [0.1, 0.15) is 20.9 Å². The van der Waals surface area contributed by atoms with Crippen molar-refractivity contribution in [3.8, 4) is 10.6 Å². The summed E-state index contributed by atoms with van der Waals surface area (Å²) >= 11 is 1.12. The summed E-state index contributed by atoms with van der Waals surface area (Å²) in [5, 5.41) is 3.91. The molecule has 8 heteroatoms. The molecule has 0 saturated carbocycles. The number of rotatable bonds is 3. The monoisotopic (exact) mass is 379 g/mol. The van der Waals surface area contributed by atoms with Crippen LogP contribution >= 0.6 is 11.3 Å². The zero-order valence-electron chi connectivity index (χ0n) is 14.3. The summed E-state index contributed by atoms with van der Waals surface area (Å²) in [6, 6.07) is 11.7. The van der Waals surface area contributed by atoms with E-state index in [-0.39, 0.29) is 11.6 Å². The fraction of sp³-hybridized carbons (Fsp3) is 0.222. The Morgan fingerprint density at radius 2 is 1.81 bits per heavy atom. The number of hydrogen-bond acceptors (Lipinski definition) is 3. The van der Waals surface area contributed by atoms with Gasteiger partial charge in [0.2, 0.25) is 0 Å². The Balaban J connectivity index is 1.86. The minimum atomic E-state index is -4.47. The third kappa shape index (κ3) is 3.50. The molecule has 0 N–H and O–H groups in total. The van der Waals surface area contributed by atoms with Crippen molar-refractivity contribution >= 4 is 22.9 Å². The van der Waals surface area contributed by atoms with Crippen LogP contribution in [0, 0.1) is 6.92 Å². The van der Waals surface area contributed by atoms with Crippen molar-refractivity contribution in [2.75, 3.05) is 11.9 Å². The molecule has 2 heterocycles. The van der Waals surface area contributed by atoms with Crippen molar-refractivity contribution in [2.45, 2.75) is 13.1 Å². The first-order valence-corrected chi connectivity index (χ1v) is 8.54. The van der Waals surface area contributed by atoms with Gasteiger partial charge in [-0.3, -0.25) is 9.48 Å². The van der Waals surface area contributed by atoms with Crippen LogP contribution in [0.4, 0.5) is 18.9 Å². The van der Waals surface area contributed by atoms with Crippen molar-refractivity contribution in [2.24, 2.45) is 7.05 Å². The minimum Gasteiger partial charge on any atom is -0.311 e. The Morgan fingerprint density at radius 1 is 1.15 bits per heavy atom. The molecule has 0 unspecified atom stereocenters. The maximum absolute atomic E-state index is 12.9. The lowest BCUT2D eigenvalue weighted by molar-refractivity contribution is -0.143. The summed E-state index contributed by atoms with van der Waals surface area (Å²) in [6.45, 7) is 1.96. The number of aryl methyl sites for hydroxylation is 2. The predicted octanol–water partition coefficient (Wildman–Crippen LogP) is 4.75. The van der Waals surface area contributed by atoms with Crippen LogP contribution in [-0.2, 0) is 13.2 Å².